The standard InChI is InChI=1S/C47H56ClN5O7S/c1-31(28-61(50-43(54)39-27-52(3)49-44(39)57-4)51-46(56)60-32(2)33-13-7-6-8-14-33)12-9-10-15-34-17-18-37(34)26-53-29-47(23-11-16-35-24-38(48)20-21-40(35)47)30-59-42-22-19-36(25-41(42)53)45(55)58-5/h6-8,13-14,19-22,24-25,27,31-32,34,37,61H,11-12,15-18,23,26,28-30H2,1-5H3,(H,50,54)(H,51,56)/t31-,32-,34+,37-,47-/m0/s1. The second-order valence-corrected chi connectivity index (χ2v) is 18.7. The molecular weight excluding hydrogens is 814 g/mol. The van der Waals surface area contributed by atoms with Gasteiger partial charge in [-0.2, -0.15) is 0 Å². The molecule has 1 spiro atoms. The lowest BCUT2D eigenvalue weighted by Crippen LogP contribution is -2.48. The SMILES string of the molecule is COC(=O)c1ccc2c(c1)N(C[C@@H]1CC[C@H]1CC#CC[C@H](C)C[SH](NC(=O)O[C@@H](C)c1ccccc1)NC(=O)c1cn(C)nc1OC)C[C@@]1(CCCc3cc(Cl)ccc31)CO2. The van der Waals surface area contributed by atoms with E-state index in [1.165, 1.54) is 30.0 Å². The molecule has 1 saturated carbocycles. The molecule has 0 radical (unpaired) electrons. The number of aryl methyl sites for hydroxylation is 2. The first-order chi connectivity index (χ1) is 29.4. The van der Waals surface area contributed by atoms with Gasteiger partial charge >= 0.3 is 12.1 Å². The number of carbonyl (C=O) groups excluding carboxylic acids is 3. The van der Waals surface area contributed by atoms with E-state index in [1.807, 2.05) is 55.5 Å². The lowest BCUT2D eigenvalue weighted by atomic mass is 9.69. The van der Waals surface area contributed by atoms with Gasteiger partial charge in [0, 0.05) is 55.4 Å². The molecule has 14 heteroatoms. The maximum atomic E-state index is 13.4. The molecule has 1 aliphatic heterocycles. The Bertz CT molecular complexity index is 2280. The van der Waals surface area contributed by atoms with Crippen LogP contribution in [0.2, 0.25) is 5.02 Å². The van der Waals surface area contributed by atoms with Gasteiger partial charge in [0.25, 0.3) is 5.91 Å². The third-order valence-corrected chi connectivity index (χ3v) is 14.3. The van der Waals surface area contributed by atoms with Crippen molar-refractivity contribution in [2.75, 3.05) is 44.6 Å². The van der Waals surface area contributed by atoms with Crippen molar-refractivity contribution in [3.05, 3.63) is 106 Å². The number of fused-ring (bicyclic) bond motifs is 3. The monoisotopic (exact) mass is 869 g/mol. The number of benzene rings is 3. The van der Waals surface area contributed by atoms with Crippen LogP contribution < -0.4 is 23.8 Å². The van der Waals surface area contributed by atoms with Crippen molar-refractivity contribution >= 4 is 46.5 Å². The van der Waals surface area contributed by atoms with E-state index in [4.69, 9.17) is 30.5 Å². The van der Waals surface area contributed by atoms with Gasteiger partial charge in [0.15, 0.2) is 0 Å². The highest BCUT2D eigenvalue weighted by molar-refractivity contribution is 8.14. The highest BCUT2D eigenvalue weighted by atomic mass is 35.5. The number of halogens is 1. The number of aromatic nitrogens is 2. The molecule has 2 heterocycles. The molecule has 2 N–H and O–H groups in total. The number of carbonyl (C=O) groups is 3. The molecule has 1 unspecified atom stereocenters. The lowest BCUT2D eigenvalue weighted by molar-refractivity contribution is 0.0600. The van der Waals surface area contributed by atoms with Gasteiger partial charge in [-0.1, -0.05) is 66.2 Å². The van der Waals surface area contributed by atoms with Crippen LogP contribution >= 0.6 is 22.9 Å². The van der Waals surface area contributed by atoms with Gasteiger partial charge in [-0.3, -0.25) is 14.2 Å². The Labute approximate surface area is 366 Å². The van der Waals surface area contributed by atoms with Crippen LogP contribution in [0.25, 0.3) is 0 Å². The molecule has 0 saturated heterocycles. The summed E-state index contributed by atoms with van der Waals surface area (Å²) in [6, 6.07) is 21.4. The Morgan fingerprint density at radius 3 is 2.59 bits per heavy atom. The third kappa shape index (κ3) is 10.4. The minimum absolute atomic E-state index is 0.0563. The normalized spacial score (nSPS) is 20.8. The molecule has 7 rings (SSSR count). The molecular formula is C47H56ClN5O7S. The zero-order valence-corrected chi connectivity index (χ0v) is 37.2. The summed E-state index contributed by atoms with van der Waals surface area (Å²) >= 11 is 4.92. The molecule has 6 atom stereocenters. The maximum absolute atomic E-state index is 13.4. The van der Waals surface area contributed by atoms with Crippen molar-refractivity contribution in [1.29, 1.82) is 0 Å². The first-order valence-corrected chi connectivity index (χ1v) is 22.9. The number of nitrogens with one attached hydrogen (secondary N) is 2. The molecule has 2 aliphatic carbocycles. The Morgan fingerprint density at radius 2 is 1.84 bits per heavy atom. The van der Waals surface area contributed by atoms with Crippen molar-refractivity contribution in [3.8, 4) is 23.5 Å². The van der Waals surface area contributed by atoms with Gasteiger partial charge in [0.1, 0.15) is 17.4 Å². The lowest BCUT2D eigenvalue weighted by Gasteiger charge is -2.44. The summed E-state index contributed by atoms with van der Waals surface area (Å²) in [6.07, 6.45) is 7.11. The molecule has 1 aromatic heterocycles. The van der Waals surface area contributed by atoms with Crippen molar-refractivity contribution in [3.63, 3.8) is 0 Å². The second kappa shape index (κ2) is 19.6. The first kappa shape index (κ1) is 43.8. The van der Waals surface area contributed by atoms with Crippen molar-refractivity contribution < 1.29 is 33.3 Å². The molecule has 324 valence electrons. The van der Waals surface area contributed by atoms with E-state index in [0.717, 1.165) is 73.6 Å². The largest absolute Gasteiger partial charge is 0.490 e. The topological polar surface area (TPSA) is 133 Å². The highest BCUT2D eigenvalue weighted by Crippen LogP contribution is 2.46. The zero-order chi connectivity index (χ0) is 43.1. The number of anilines is 1. The number of esters is 1. The van der Waals surface area contributed by atoms with Crippen LogP contribution in [0.15, 0.2) is 72.9 Å². The number of amides is 2. The van der Waals surface area contributed by atoms with Gasteiger partial charge in [-0.15, -0.1) is 16.9 Å². The summed E-state index contributed by atoms with van der Waals surface area (Å²) in [4.78, 5) is 41.7. The van der Waals surface area contributed by atoms with Crippen LogP contribution in [-0.2, 0) is 28.4 Å². The number of ether oxygens (including phenoxy) is 4. The summed E-state index contributed by atoms with van der Waals surface area (Å²) in [5.41, 5.74) is 4.93. The van der Waals surface area contributed by atoms with Gasteiger partial charge in [-0.05, 0) is 104 Å². The smallest absolute Gasteiger partial charge is 0.417 e. The summed E-state index contributed by atoms with van der Waals surface area (Å²) < 4.78 is 30.2. The van der Waals surface area contributed by atoms with Crippen LogP contribution in [-0.4, -0.2) is 67.4 Å². The number of thiol groups is 1. The number of methoxy groups -OCH3 is 2. The van der Waals surface area contributed by atoms with E-state index in [1.54, 1.807) is 19.3 Å². The summed E-state index contributed by atoms with van der Waals surface area (Å²) in [6.45, 7) is 6.03. The first-order valence-electron chi connectivity index (χ1n) is 21.0. The summed E-state index contributed by atoms with van der Waals surface area (Å²) in [5, 5.41) is 4.96. The van der Waals surface area contributed by atoms with Gasteiger partial charge in [0.2, 0.25) is 5.88 Å². The maximum Gasteiger partial charge on any atom is 0.417 e. The average molecular weight is 871 g/mol. The molecule has 4 aromatic rings. The van der Waals surface area contributed by atoms with Crippen LogP contribution in [0, 0.1) is 29.6 Å². The quantitative estimate of drug-likeness (QED) is 0.0687. The fraction of sp³-hybridized carbons (Fsp3) is 0.447. The number of nitrogens with zero attached hydrogens (tertiary/aromatic N) is 3. The second-order valence-electron chi connectivity index (χ2n) is 16.6. The van der Waals surface area contributed by atoms with Gasteiger partial charge in [0.05, 0.1) is 32.1 Å². The van der Waals surface area contributed by atoms with E-state index in [2.05, 4.69) is 50.3 Å². The summed E-state index contributed by atoms with van der Waals surface area (Å²) in [7, 11) is 4.58. The fourth-order valence-electron chi connectivity index (χ4n) is 8.78. The highest BCUT2D eigenvalue weighted by Gasteiger charge is 2.43. The van der Waals surface area contributed by atoms with Crippen LogP contribution in [0.5, 0.6) is 11.6 Å². The number of rotatable bonds is 13. The Kier molecular flexibility index (Phi) is 14.1. The van der Waals surface area contributed by atoms with E-state index in [-0.39, 0.29) is 28.7 Å². The predicted molar refractivity (Wildman–Crippen MR) is 239 cm³/mol. The van der Waals surface area contributed by atoms with Crippen LogP contribution in [0.1, 0.15) is 95.9 Å². The van der Waals surface area contributed by atoms with Crippen molar-refractivity contribution in [1.82, 2.24) is 19.2 Å². The Hall–Kier alpha value is -5.32. The molecule has 0 bridgehead atoms. The van der Waals surface area contributed by atoms with Crippen LogP contribution in [0.3, 0.4) is 0 Å². The van der Waals surface area contributed by atoms with Crippen molar-refractivity contribution in [2.45, 2.75) is 70.3 Å². The zero-order valence-electron chi connectivity index (χ0n) is 35.5. The molecule has 3 aromatic carbocycles. The number of hydrogen-bond acceptors (Lipinski definition) is 9. The van der Waals surface area contributed by atoms with Crippen molar-refractivity contribution in [2.24, 2.45) is 24.8 Å². The van der Waals surface area contributed by atoms with E-state index in [9.17, 15) is 14.4 Å². The van der Waals surface area contributed by atoms with Gasteiger partial charge in [-0.25, -0.2) is 9.59 Å². The fourth-order valence-corrected chi connectivity index (χ4v) is 10.6. The Balaban J connectivity index is 1.01. The molecule has 61 heavy (non-hydrogen) atoms. The minimum Gasteiger partial charge on any atom is -0.490 e. The minimum atomic E-state index is -1.55. The average Bonchev–Trinajstić information content (AvgIpc) is 3.57. The third-order valence-electron chi connectivity index (χ3n) is 12.2. The molecule has 3 aliphatic rings. The van der Waals surface area contributed by atoms with E-state index in [0.29, 0.717) is 36.2 Å². The van der Waals surface area contributed by atoms with Crippen LogP contribution in [0.4, 0.5) is 10.5 Å². The predicted octanol–water partition coefficient (Wildman–Crippen LogP) is 8.54. The molecule has 1 fully saturated rings. The number of hydrogen-bond donors (Lipinski definition) is 3. The van der Waals surface area contributed by atoms with Gasteiger partial charge < -0.3 is 28.6 Å². The summed E-state index contributed by atoms with van der Waals surface area (Å²) in [5.74, 6) is 8.50. The van der Waals surface area contributed by atoms with E-state index < -0.39 is 29.4 Å². The Morgan fingerprint density at radius 1 is 1.03 bits per heavy atom. The molecule has 12 nitrogen and oxygen atoms in total. The molecule has 2 amide bonds. The van der Waals surface area contributed by atoms with E-state index >= 15 is 0 Å².